The van der Waals surface area contributed by atoms with Crippen LogP contribution in [-0.2, 0) is 9.59 Å². The van der Waals surface area contributed by atoms with E-state index in [1.807, 2.05) is 0 Å². The van der Waals surface area contributed by atoms with Crippen molar-refractivity contribution in [3.63, 3.8) is 0 Å². The van der Waals surface area contributed by atoms with Crippen LogP contribution in [0.1, 0.15) is 6.42 Å². The van der Waals surface area contributed by atoms with Gasteiger partial charge in [0.15, 0.2) is 0 Å². The van der Waals surface area contributed by atoms with E-state index in [4.69, 9.17) is 5.11 Å². The topological polar surface area (TPSA) is 57.6 Å². The molecule has 5 heteroatoms. The Balaban J connectivity index is 2.34. The number of anilines is 1. The van der Waals surface area contributed by atoms with Gasteiger partial charge in [-0.2, -0.15) is 0 Å². The predicted molar refractivity (Wildman–Crippen MR) is 47.4 cm³/mol. The maximum atomic E-state index is 11.3. The third-order valence-electron chi connectivity index (χ3n) is 1.85. The molecule has 1 saturated heterocycles. The van der Waals surface area contributed by atoms with E-state index in [9.17, 15) is 9.59 Å². The molecule has 0 bridgehead atoms. The lowest BCUT2D eigenvalue weighted by molar-refractivity contribution is -0.124. The summed E-state index contributed by atoms with van der Waals surface area (Å²) in [5.74, 6) is -0.854. The molecular weight excluding hydrogens is 190 g/mol. The molecule has 1 atom stereocenters. The number of amides is 2. The number of aliphatic hydroxyl groups is 1. The Morgan fingerprint density at radius 2 is 2.31 bits per heavy atom. The molecule has 1 fully saturated rings. The standard InChI is InChI=1S/C8H7NO3S/c10-5-4-6(11)9(8(5)12)7-2-1-3-13-7/h1-3,5,10H,4H2. The first-order chi connectivity index (χ1) is 6.20. The van der Waals surface area contributed by atoms with E-state index in [2.05, 4.69) is 0 Å². The summed E-state index contributed by atoms with van der Waals surface area (Å²) >= 11 is 1.30. The van der Waals surface area contributed by atoms with Crippen LogP contribution >= 0.6 is 11.3 Å². The number of carbonyl (C=O) groups is 2. The largest absolute Gasteiger partial charge is 0.383 e. The minimum Gasteiger partial charge on any atom is -0.383 e. The summed E-state index contributed by atoms with van der Waals surface area (Å²) < 4.78 is 0. The first-order valence-corrected chi connectivity index (χ1v) is 4.66. The fraction of sp³-hybridized carbons (Fsp3) is 0.250. The van der Waals surface area contributed by atoms with Crippen LogP contribution in [0.25, 0.3) is 0 Å². The SMILES string of the molecule is O=C1CC(O)C(=O)N1c1cccs1. The van der Waals surface area contributed by atoms with Gasteiger partial charge in [-0.1, -0.05) is 0 Å². The maximum absolute atomic E-state index is 11.3. The van der Waals surface area contributed by atoms with Crippen molar-refractivity contribution in [1.82, 2.24) is 0 Å². The molecule has 13 heavy (non-hydrogen) atoms. The predicted octanol–water partition coefficient (Wildman–Crippen LogP) is 0.372. The number of hydrogen-bond acceptors (Lipinski definition) is 4. The molecule has 0 saturated carbocycles. The zero-order chi connectivity index (χ0) is 9.42. The summed E-state index contributed by atoms with van der Waals surface area (Å²) in [7, 11) is 0. The molecule has 4 nitrogen and oxygen atoms in total. The Kier molecular flexibility index (Phi) is 1.90. The molecule has 1 unspecified atom stereocenters. The molecule has 0 aromatic carbocycles. The van der Waals surface area contributed by atoms with Crippen molar-refractivity contribution >= 4 is 28.2 Å². The summed E-state index contributed by atoms with van der Waals surface area (Å²) in [6.07, 6.45) is -1.26. The van der Waals surface area contributed by atoms with E-state index in [1.54, 1.807) is 17.5 Å². The summed E-state index contributed by atoms with van der Waals surface area (Å²) in [5, 5.41) is 11.5. The lowest BCUT2D eigenvalue weighted by Crippen LogP contribution is -2.30. The molecule has 1 N–H and O–H groups in total. The van der Waals surface area contributed by atoms with Gasteiger partial charge in [-0.15, -0.1) is 11.3 Å². The molecule has 1 aliphatic rings. The summed E-state index contributed by atoms with van der Waals surface area (Å²) in [6, 6.07) is 3.43. The van der Waals surface area contributed by atoms with Gasteiger partial charge >= 0.3 is 0 Å². The van der Waals surface area contributed by atoms with E-state index in [0.717, 1.165) is 4.90 Å². The number of nitrogens with zero attached hydrogens (tertiary/aromatic N) is 1. The average Bonchev–Trinajstić information content (AvgIpc) is 2.63. The number of rotatable bonds is 1. The van der Waals surface area contributed by atoms with Gasteiger partial charge in [0, 0.05) is 0 Å². The first kappa shape index (κ1) is 8.40. The zero-order valence-electron chi connectivity index (χ0n) is 6.64. The monoisotopic (exact) mass is 197 g/mol. The summed E-state index contributed by atoms with van der Waals surface area (Å²) in [6.45, 7) is 0. The Morgan fingerprint density at radius 1 is 1.54 bits per heavy atom. The number of hydrogen-bond donors (Lipinski definition) is 1. The number of imide groups is 1. The maximum Gasteiger partial charge on any atom is 0.263 e. The van der Waals surface area contributed by atoms with Gasteiger partial charge in [0.25, 0.3) is 5.91 Å². The molecule has 1 aromatic rings. The molecule has 2 rings (SSSR count). The van der Waals surface area contributed by atoms with Gasteiger partial charge in [-0.25, -0.2) is 4.90 Å². The fourth-order valence-corrected chi connectivity index (χ4v) is 2.00. The summed E-state index contributed by atoms with van der Waals surface area (Å²) in [4.78, 5) is 23.6. The van der Waals surface area contributed by atoms with Crippen molar-refractivity contribution in [3.8, 4) is 0 Å². The van der Waals surface area contributed by atoms with Crippen LogP contribution in [0, 0.1) is 0 Å². The third-order valence-corrected chi connectivity index (χ3v) is 2.70. The second-order valence-electron chi connectivity index (χ2n) is 2.74. The van der Waals surface area contributed by atoms with Gasteiger partial charge in [0.05, 0.1) is 6.42 Å². The van der Waals surface area contributed by atoms with E-state index >= 15 is 0 Å². The zero-order valence-corrected chi connectivity index (χ0v) is 7.45. The molecule has 0 radical (unpaired) electrons. The lowest BCUT2D eigenvalue weighted by atomic mass is 10.3. The Morgan fingerprint density at radius 3 is 2.77 bits per heavy atom. The second-order valence-corrected chi connectivity index (χ2v) is 3.66. The van der Waals surface area contributed by atoms with Crippen molar-refractivity contribution in [2.75, 3.05) is 4.90 Å². The molecule has 68 valence electrons. The lowest BCUT2D eigenvalue weighted by Gasteiger charge is -2.09. The molecule has 1 aliphatic heterocycles. The molecule has 0 spiro atoms. The molecule has 0 aliphatic carbocycles. The van der Waals surface area contributed by atoms with Gasteiger partial charge in [-0.3, -0.25) is 9.59 Å². The first-order valence-electron chi connectivity index (χ1n) is 3.78. The normalized spacial score (nSPS) is 22.8. The van der Waals surface area contributed by atoms with Crippen LogP contribution in [0.15, 0.2) is 17.5 Å². The van der Waals surface area contributed by atoms with Crippen LogP contribution in [-0.4, -0.2) is 23.0 Å². The highest BCUT2D eigenvalue weighted by atomic mass is 32.1. The Hall–Kier alpha value is -1.20. The average molecular weight is 197 g/mol. The minimum atomic E-state index is -1.16. The van der Waals surface area contributed by atoms with E-state index in [-0.39, 0.29) is 12.3 Å². The third kappa shape index (κ3) is 1.26. The smallest absolute Gasteiger partial charge is 0.263 e. The van der Waals surface area contributed by atoms with Crippen LogP contribution in [0.3, 0.4) is 0 Å². The highest BCUT2D eigenvalue weighted by Crippen LogP contribution is 2.26. The van der Waals surface area contributed by atoms with Crippen LogP contribution in [0.5, 0.6) is 0 Å². The van der Waals surface area contributed by atoms with Crippen LogP contribution in [0.2, 0.25) is 0 Å². The van der Waals surface area contributed by atoms with Crippen molar-refractivity contribution in [2.45, 2.75) is 12.5 Å². The molecule has 1 aromatic heterocycles. The molecule has 2 heterocycles. The highest BCUT2D eigenvalue weighted by Gasteiger charge is 2.38. The van der Waals surface area contributed by atoms with Gasteiger partial charge in [0.2, 0.25) is 5.91 Å². The van der Waals surface area contributed by atoms with Gasteiger partial charge < -0.3 is 5.11 Å². The Bertz CT molecular complexity index is 346. The van der Waals surface area contributed by atoms with Gasteiger partial charge in [-0.05, 0) is 17.5 Å². The van der Waals surface area contributed by atoms with Crippen molar-refractivity contribution < 1.29 is 14.7 Å². The minimum absolute atomic E-state index is 0.100. The number of aliphatic hydroxyl groups excluding tert-OH is 1. The van der Waals surface area contributed by atoms with E-state index in [0.29, 0.717) is 5.00 Å². The Labute approximate surface area is 78.4 Å². The second kappa shape index (κ2) is 2.93. The highest BCUT2D eigenvalue weighted by molar-refractivity contribution is 7.14. The quantitative estimate of drug-likeness (QED) is 0.662. The molecular formula is C8H7NO3S. The summed E-state index contributed by atoms with van der Waals surface area (Å²) in [5.41, 5.74) is 0. The van der Waals surface area contributed by atoms with E-state index in [1.165, 1.54) is 11.3 Å². The van der Waals surface area contributed by atoms with Crippen LogP contribution < -0.4 is 4.90 Å². The van der Waals surface area contributed by atoms with Crippen molar-refractivity contribution in [2.24, 2.45) is 0 Å². The van der Waals surface area contributed by atoms with Gasteiger partial charge in [0.1, 0.15) is 11.1 Å². The molecule has 2 amide bonds. The van der Waals surface area contributed by atoms with Crippen LogP contribution in [0.4, 0.5) is 5.00 Å². The fourth-order valence-electron chi connectivity index (χ4n) is 1.24. The van der Waals surface area contributed by atoms with Crippen molar-refractivity contribution in [1.29, 1.82) is 0 Å². The number of carbonyl (C=O) groups excluding carboxylic acids is 2. The van der Waals surface area contributed by atoms with Crippen molar-refractivity contribution in [3.05, 3.63) is 17.5 Å². The van der Waals surface area contributed by atoms with E-state index < -0.39 is 12.0 Å². The number of thiophene rings is 1.